The van der Waals surface area contributed by atoms with Gasteiger partial charge in [0.2, 0.25) is 0 Å². The van der Waals surface area contributed by atoms with Crippen molar-refractivity contribution in [3.8, 4) is 0 Å². The zero-order valence-corrected chi connectivity index (χ0v) is 13.8. The monoisotopic (exact) mass is 282 g/mol. The molecule has 1 aliphatic heterocycles. The molecule has 1 saturated heterocycles. The maximum Gasteiger partial charge on any atom is 0.0641 e. The second-order valence-electron chi connectivity index (χ2n) is 6.85. The fraction of sp³-hybridized carbons (Fsp3) is 1.00. The van der Waals surface area contributed by atoms with Gasteiger partial charge in [-0.1, -0.05) is 26.2 Å². The SMILES string of the molecule is CCNC(COC(C)C)C1(N2CCCCC2)CCCC1. The molecule has 3 heteroatoms. The lowest BCUT2D eigenvalue weighted by Gasteiger charge is -2.48. The summed E-state index contributed by atoms with van der Waals surface area (Å²) < 4.78 is 6.00. The van der Waals surface area contributed by atoms with Crippen LogP contribution >= 0.6 is 0 Å². The molecule has 0 radical (unpaired) electrons. The molecule has 0 aromatic heterocycles. The summed E-state index contributed by atoms with van der Waals surface area (Å²) in [4.78, 5) is 2.81. The second kappa shape index (κ2) is 7.77. The van der Waals surface area contributed by atoms with Gasteiger partial charge in [-0.2, -0.15) is 0 Å². The highest BCUT2D eigenvalue weighted by molar-refractivity contribution is 5.04. The van der Waals surface area contributed by atoms with Crippen molar-refractivity contribution < 1.29 is 4.74 Å². The molecule has 1 saturated carbocycles. The maximum atomic E-state index is 6.00. The van der Waals surface area contributed by atoms with E-state index in [1.165, 1.54) is 58.0 Å². The highest BCUT2D eigenvalue weighted by atomic mass is 16.5. The van der Waals surface area contributed by atoms with Crippen LogP contribution in [0.4, 0.5) is 0 Å². The molecule has 0 aromatic carbocycles. The number of ether oxygens (including phenoxy) is 1. The normalized spacial score (nSPS) is 25.2. The maximum absolute atomic E-state index is 6.00. The standard InChI is InChI=1S/C17H34N2O/c1-4-18-16(14-20-15(2)3)17(10-6-7-11-17)19-12-8-5-9-13-19/h15-16,18H,4-14H2,1-3H3. The third kappa shape index (κ3) is 3.75. The quantitative estimate of drug-likeness (QED) is 0.776. The van der Waals surface area contributed by atoms with Crippen LogP contribution in [-0.2, 0) is 4.74 Å². The van der Waals surface area contributed by atoms with E-state index >= 15 is 0 Å². The lowest BCUT2D eigenvalue weighted by atomic mass is 9.84. The number of hydrogen-bond donors (Lipinski definition) is 1. The molecule has 2 aliphatic rings. The molecule has 0 bridgehead atoms. The lowest BCUT2D eigenvalue weighted by Crippen LogP contribution is -2.62. The van der Waals surface area contributed by atoms with Crippen LogP contribution in [-0.4, -0.2) is 48.8 Å². The smallest absolute Gasteiger partial charge is 0.0641 e. The third-order valence-electron chi connectivity index (χ3n) is 5.15. The van der Waals surface area contributed by atoms with E-state index in [9.17, 15) is 0 Å². The van der Waals surface area contributed by atoms with Crippen LogP contribution in [0, 0.1) is 0 Å². The molecule has 3 nitrogen and oxygen atoms in total. The van der Waals surface area contributed by atoms with Crippen molar-refractivity contribution in [1.82, 2.24) is 10.2 Å². The fourth-order valence-electron chi connectivity index (χ4n) is 4.15. The first kappa shape index (κ1) is 16.3. The van der Waals surface area contributed by atoms with E-state index in [1.807, 2.05) is 0 Å². The lowest BCUT2D eigenvalue weighted by molar-refractivity contribution is -0.0164. The Morgan fingerprint density at radius 2 is 1.70 bits per heavy atom. The minimum atomic E-state index is 0.330. The Morgan fingerprint density at radius 3 is 2.25 bits per heavy atom. The molecule has 1 aliphatic carbocycles. The summed E-state index contributed by atoms with van der Waals surface area (Å²) in [6, 6.07) is 0.496. The van der Waals surface area contributed by atoms with Crippen LogP contribution < -0.4 is 5.32 Å². The van der Waals surface area contributed by atoms with E-state index in [-0.39, 0.29) is 0 Å². The first-order chi connectivity index (χ1) is 9.69. The summed E-state index contributed by atoms with van der Waals surface area (Å²) in [7, 11) is 0. The zero-order valence-electron chi connectivity index (χ0n) is 13.8. The molecule has 20 heavy (non-hydrogen) atoms. The predicted octanol–water partition coefficient (Wildman–Crippen LogP) is 3.19. The van der Waals surface area contributed by atoms with Gasteiger partial charge in [-0.25, -0.2) is 0 Å². The van der Waals surface area contributed by atoms with Gasteiger partial charge in [-0.15, -0.1) is 0 Å². The average molecular weight is 282 g/mol. The van der Waals surface area contributed by atoms with Crippen molar-refractivity contribution in [1.29, 1.82) is 0 Å². The van der Waals surface area contributed by atoms with Gasteiger partial charge in [0.1, 0.15) is 0 Å². The summed E-state index contributed by atoms with van der Waals surface area (Å²) in [6.07, 6.45) is 9.99. The largest absolute Gasteiger partial charge is 0.377 e. The van der Waals surface area contributed by atoms with Crippen molar-refractivity contribution in [2.45, 2.75) is 83.4 Å². The first-order valence-electron chi connectivity index (χ1n) is 8.79. The van der Waals surface area contributed by atoms with Crippen LogP contribution in [0.5, 0.6) is 0 Å². The molecule has 1 heterocycles. The molecule has 1 N–H and O–H groups in total. The molecule has 1 atom stereocenters. The molecule has 0 spiro atoms. The van der Waals surface area contributed by atoms with E-state index in [2.05, 4.69) is 31.0 Å². The van der Waals surface area contributed by atoms with Gasteiger partial charge in [0.25, 0.3) is 0 Å². The van der Waals surface area contributed by atoms with E-state index in [0.717, 1.165) is 13.2 Å². The molecular weight excluding hydrogens is 248 g/mol. The van der Waals surface area contributed by atoms with Crippen LogP contribution in [0.3, 0.4) is 0 Å². The summed E-state index contributed by atoms with van der Waals surface area (Å²) in [5.74, 6) is 0. The third-order valence-corrected chi connectivity index (χ3v) is 5.15. The molecule has 0 aromatic rings. The minimum absolute atomic E-state index is 0.330. The van der Waals surface area contributed by atoms with Crippen molar-refractivity contribution in [3.05, 3.63) is 0 Å². The molecule has 118 valence electrons. The zero-order chi connectivity index (χ0) is 14.4. The number of nitrogens with zero attached hydrogens (tertiary/aromatic N) is 1. The summed E-state index contributed by atoms with van der Waals surface area (Å²) >= 11 is 0. The van der Waals surface area contributed by atoms with Crippen LogP contribution in [0.2, 0.25) is 0 Å². The molecular formula is C17H34N2O. The molecule has 2 rings (SSSR count). The predicted molar refractivity (Wildman–Crippen MR) is 85.2 cm³/mol. The fourth-order valence-corrected chi connectivity index (χ4v) is 4.15. The van der Waals surface area contributed by atoms with E-state index in [0.29, 0.717) is 17.7 Å². The van der Waals surface area contributed by atoms with Gasteiger partial charge in [-0.05, 0) is 59.2 Å². The van der Waals surface area contributed by atoms with Crippen LogP contribution in [0.15, 0.2) is 0 Å². The van der Waals surface area contributed by atoms with Gasteiger partial charge >= 0.3 is 0 Å². The van der Waals surface area contributed by atoms with E-state index < -0.39 is 0 Å². The summed E-state index contributed by atoms with van der Waals surface area (Å²) in [5, 5.41) is 3.75. The first-order valence-corrected chi connectivity index (χ1v) is 8.79. The van der Waals surface area contributed by atoms with Crippen molar-refractivity contribution >= 4 is 0 Å². The second-order valence-corrected chi connectivity index (χ2v) is 6.85. The average Bonchev–Trinajstić information content (AvgIpc) is 2.95. The van der Waals surface area contributed by atoms with Crippen molar-refractivity contribution in [3.63, 3.8) is 0 Å². The molecule has 1 unspecified atom stereocenters. The Hall–Kier alpha value is -0.120. The topological polar surface area (TPSA) is 24.5 Å². The number of piperidine rings is 1. The van der Waals surface area contributed by atoms with Gasteiger partial charge < -0.3 is 10.1 Å². The Morgan fingerprint density at radius 1 is 1.05 bits per heavy atom. The Kier molecular flexibility index (Phi) is 6.31. The summed E-state index contributed by atoms with van der Waals surface area (Å²) in [5.41, 5.74) is 0.366. The molecule has 2 fully saturated rings. The highest BCUT2D eigenvalue weighted by Gasteiger charge is 2.45. The Labute approximate surface area is 125 Å². The number of hydrogen-bond acceptors (Lipinski definition) is 3. The van der Waals surface area contributed by atoms with Gasteiger partial charge in [0, 0.05) is 11.6 Å². The minimum Gasteiger partial charge on any atom is -0.377 e. The number of likely N-dealkylation sites (tertiary alicyclic amines) is 1. The van der Waals surface area contributed by atoms with Gasteiger partial charge in [-0.3, -0.25) is 4.90 Å². The van der Waals surface area contributed by atoms with Gasteiger partial charge in [0.15, 0.2) is 0 Å². The van der Waals surface area contributed by atoms with Crippen molar-refractivity contribution in [2.75, 3.05) is 26.2 Å². The Bertz CT molecular complexity index is 268. The van der Waals surface area contributed by atoms with Crippen molar-refractivity contribution in [2.24, 2.45) is 0 Å². The number of likely N-dealkylation sites (N-methyl/N-ethyl adjacent to an activating group) is 1. The van der Waals surface area contributed by atoms with E-state index in [1.54, 1.807) is 0 Å². The molecule has 0 amide bonds. The number of rotatable bonds is 7. The number of nitrogens with one attached hydrogen (secondary N) is 1. The van der Waals surface area contributed by atoms with Gasteiger partial charge in [0.05, 0.1) is 12.7 Å². The van der Waals surface area contributed by atoms with Crippen LogP contribution in [0.25, 0.3) is 0 Å². The Balaban J connectivity index is 2.09. The van der Waals surface area contributed by atoms with Crippen LogP contribution in [0.1, 0.15) is 65.7 Å². The highest BCUT2D eigenvalue weighted by Crippen LogP contribution is 2.39. The van der Waals surface area contributed by atoms with E-state index in [4.69, 9.17) is 4.74 Å². The summed E-state index contributed by atoms with van der Waals surface area (Å²) in [6.45, 7) is 11.0.